The number of carboxylic acids is 1. The number of nitrogens with zero attached hydrogens (tertiary/aromatic N) is 4. The molecule has 10 atom stereocenters. The lowest BCUT2D eigenvalue weighted by atomic mass is 9.91. The number of hydrogen-bond donors (Lipinski definition) is 14. The first kappa shape index (κ1) is 66.1. The van der Waals surface area contributed by atoms with Gasteiger partial charge < -0.3 is 90.6 Å². The minimum Gasteiger partial charge on any atom is -0.480 e. The average Bonchev–Trinajstić information content (AvgIpc) is 2.97. The number of guanidine groups is 1. The maximum absolute atomic E-state index is 14.6. The maximum Gasteiger partial charge on any atom is 0.326 e. The molecule has 28 nitrogen and oxygen atoms in total. The number of nitrogens with two attached hydrogens (primary N) is 5. The zero-order chi connectivity index (χ0) is 61.0. The number of likely N-dealkylation sites (tertiary alicyclic amines) is 2. The Balaban J connectivity index is 1.10. The molecular formula is C56H89N15O13. The van der Waals surface area contributed by atoms with Gasteiger partial charge in [0.2, 0.25) is 53.2 Å². The van der Waals surface area contributed by atoms with E-state index in [1.165, 1.54) is 9.80 Å². The molecule has 19 N–H and O–H groups in total. The molecule has 3 heterocycles. The predicted molar refractivity (Wildman–Crippen MR) is 306 cm³/mol. The largest absolute Gasteiger partial charge is 0.480 e. The van der Waals surface area contributed by atoms with Gasteiger partial charge in [0.05, 0.1) is 25.3 Å². The number of rotatable bonds is 30. The molecule has 0 spiro atoms. The van der Waals surface area contributed by atoms with Crippen molar-refractivity contribution in [3.05, 3.63) is 35.4 Å². The Bertz CT molecular complexity index is 2510. The Morgan fingerprint density at radius 1 is 0.631 bits per heavy atom. The molecule has 2 unspecified atom stereocenters. The van der Waals surface area contributed by atoms with E-state index in [1.54, 1.807) is 18.2 Å². The lowest BCUT2D eigenvalue weighted by molar-refractivity contribution is -0.148. The number of aliphatic carboxylic acids is 1. The number of carbonyl (C=O) groups is 10. The first-order chi connectivity index (χ1) is 40.3. The third-order valence-corrected chi connectivity index (χ3v) is 16.8. The van der Waals surface area contributed by atoms with Gasteiger partial charge in [-0.2, -0.15) is 0 Å². The van der Waals surface area contributed by atoms with Crippen molar-refractivity contribution in [2.24, 2.45) is 45.5 Å². The molecule has 466 valence electrons. The first-order valence-electron chi connectivity index (χ1n) is 29.8. The van der Waals surface area contributed by atoms with Gasteiger partial charge in [-0.05, 0) is 120 Å². The Hall–Kier alpha value is -7.01. The summed E-state index contributed by atoms with van der Waals surface area (Å²) in [5.74, 6) is -8.42. The van der Waals surface area contributed by atoms with Crippen molar-refractivity contribution in [3.63, 3.8) is 0 Å². The van der Waals surface area contributed by atoms with Crippen LogP contribution in [0.4, 0.5) is 0 Å². The molecule has 2 aliphatic carbocycles. The number of unbranched alkanes of at least 4 members (excludes halogenated alkanes) is 1. The van der Waals surface area contributed by atoms with Crippen LogP contribution in [-0.4, -0.2) is 201 Å². The molecule has 1 aromatic carbocycles. The fourth-order valence-electron chi connectivity index (χ4n) is 12.3. The monoisotopic (exact) mass is 1180 g/mol. The molecule has 28 heteroatoms. The smallest absolute Gasteiger partial charge is 0.326 e. The molecule has 0 bridgehead atoms. The Morgan fingerprint density at radius 2 is 1.25 bits per heavy atom. The molecule has 0 radical (unpaired) electrons. The number of β-amino-alcohol motifs (C(OH)–C–C–N with tert-alkyl or cyclic N) is 1. The summed E-state index contributed by atoms with van der Waals surface area (Å²) in [4.78, 5) is 147. The third-order valence-electron chi connectivity index (χ3n) is 16.8. The number of nitrogens with one attached hydrogen (secondary N) is 6. The highest BCUT2D eigenvalue weighted by atomic mass is 16.4. The van der Waals surface area contributed by atoms with E-state index in [0.717, 1.165) is 41.7 Å². The van der Waals surface area contributed by atoms with Crippen molar-refractivity contribution >= 4 is 65.1 Å². The number of carboxylic acid groups (broad SMARTS) is 1. The summed E-state index contributed by atoms with van der Waals surface area (Å²) in [5, 5.41) is 47.6. The van der Waals surface area contributed by atoms with Gasteiger partial charge >= 0.3 is 5.97 Å². The second-order valence-corrected chi connectivity index (χ2v) is 22.9. The second kappa shape index (κ2) is 32.3. The van der Waals surface area contributed by atoms with E-state index in [9.17, 15) is 63.3 Å². The molecule has 5 aliphatic rings. The van der Waals surface area contributed by atoms with Crippen LogP contribution >= 0.6 is 0 Å². The number of aliphatic hydroxyl groups is 2. The van der Waals surface area contributed by atoms with Crippen LogP contribution in [0.25, 0.3) is 0 Å². The molecule has 9 amide bonds. The number of carbonyl (C=O) groups excluding carboxylic acids is 9. The van der Waals surface area contributed by atoms with E-state index < -0.39 is 139 Å². The maximum atomic E-state index is 14.6. The molecule has 84 heavy (non-hydrogen) atoms. The fraction of sp³-hybridized carbons (Fsp3) is 0.696. The Kier molecular flexibility index (Phi) is 25.4. The molecule has 1 aromatic rings. The number of hydrogen-bond acceptors (Lipinski definition) is 16. The minimum atomic E-state index is -1.58. The highest BCUT2D eigenvalue weighted by Gasteiger charge is 2.47. The van der Waals surface area contributed by atoms with Crippen molar-refractivity contribution in [2.45, 2.75) is 189 Å². The van der Waals surface area contributed by atoms with E-state index in [1.807, 2.05) is 6.07 Å². The van der Waals surface area contributed by atoms with E-state index in [4.69, 9.17) is 28.7 Å². The van der Waals surface area contributed by atoms with Crippen LogP contribution in [0.15, 0.2) is 29.3 Å². The number of aliphatic imine (C=N–C) groups is 1. The summed E-state index contributed by atoms with van der Waals surface area (Å²) in [6.45, 7) is -1.03. The van der Waals surface area contributed by atoms with E-state index in [2.05, 4.69) is 36.9 Å². The molecule has 6 rings (SSSR count). The first-order valence-corrected chi connectivity index (χ1v) is 29.8. The van der Waals surface area contributed by atoms with Crippen LogP contribution < -0.4 is 60.6 Å². The van der Waals surface area contributed by atoms with Gasteiger partial charge in [0.15, 0.2) is 5.96 Å². The minimum absolute atomic E-state index is 0.0317. The van der Waals surface area contributed by atoms with Crippen LogP contribution in [0.1, 0.15) is 127 Å². The van der Waals surface area contributed by atoms with E-state index in [-0.39, 0.29) is 83.0 Å². The van der Waals surface area contributed by atoms with E-state index >= 15 is 0 Å². The number of aliphatic hydroxyl groups excluding tert-OH is 2. The number of fused-ring (bicyclic) bond motifs is 1. The molecule has 3 aliphatic heterocycles. The lowest BCUT2D eigenvalue weighted by Gasteiger charge is -2.38. The second-order valence-electron chi connectivity index (χ2n) is 22.9. The van der Waals surface area contributed by atoms with E-state index in [0.29, 0.717) is 64.5 Å². The van der Waals surface area contributed by atoms with Crippen LogP contribution in [0.2, 0.25) is 0 Å². The Labute approximate surface area is 489 Å². The molecule has 2 saturated heterocycles. The summed E-state index contributed by atoms with van der Waals surface area (Å²) in [5.41, 5.74) is 30.0. The van der Waals surface area contributed by atoms with Crippen LogP contribution in [-0.2, 0) is 60.9 Å². The van der Waals surface area contributed by atoms with Gasteiger partial charge in [-0.25, -0.2) is 4.79 Å². The van der Waals surface area contributed by atoms with Crippen molar-refractivity contribution in [3.8, 4) is 0 Å². The zero-order valence-corrected chi connectivity index (χ0v) is 47.9. The van der Waals surface area contributed by atoms with Crippen molar-refractivity contribution in [2.75, 3.05) is 45.9 Å². The SMILES string of the molecule is NCCCC[C@H](NC(=O)[C@H](N)CCCN)C(=O)N[C@@H](CCCN=C(N)N)C(=O)N1CCC[C@H]1C(=O)N1C[C@H](O)C[C@H]1C(=O)NCC(=O)NC(C(=O)N[C@@H](CO)C(=O)N1Cc2ccccc2C[C@@H]1C(=O)NC(C(=O)O)C1CCCC1)C1CCCC1. The topological polar surface area (TPSA) is 456 Å². The fourth-order valence-corrected chi connectivity index (χ4v) is 12.3. The number of amides is 9. The molecule has 0 aromatic heterocycles. The molecule has 4 fully saturated rings. The zero-order valence-electron chi connectivity index (χ0n) is 47.9. The van der Waals surface area contributed by atoms with Crippen molar-refractivity contribution in [1.82, 2.24) is 46.6 Å². The highest BCUT2D eigenvalue weighted by molar-refractivity contribution is 5.98. The van der Waals surface area contributed by atoms with Gasteiger partial charge in [-0.1, -0.05) is 49.9 Å². The highest BCUT2D eigenvalue weighted by Crippen LogP contribution is 2.31. The summed E-state index contributed by atoms with van der Waals surface area (Å²) >= 11 is 0. The molecular weight excluding hydrogens is 1090 g/mol. The van der Waals surface area contributed by atoms with Crippen molar-refractivity contribution in [1.29, 1.82) is 0 Å². The number of benzene rings is 1. The molecule has 2 saturated carbocycles. The van der Waals surface area contributed by atoms with Gasteiger partial charge in [0.25, 0.3) is 0 Å². The van der Waals surface area contributed by atoms with Crippen LogP contribution in [0.3, 0.4) is 0 Å². The van der Waals surface area contributed by atoms with Gasteiger partial charge in [-0.15, -0.1) is 0 Å². The Morgan fingerprint density at radius 3 is 1.89 bits per heavy atom. The van der Waals surface area contributed by atoms with Crippen LogP contribution in [0.5, 0.6) is 0 Å². The average molecular weight is 1180 g/mol. The predicted octanol–water partition coefficient (Wildman–Crippen LogP) is -3.86. The van der Waals surface area contributed by atoms with Gasteiger partial charge in [0.1, 0.15) is 48.3 Å². The van der Waals surface area contributed by atoms with Crippen LogP contribution in [0, 0.1) is 11.8 Å². The van der Waals surface area contributed by atoms with Crippen molar-refractivity contribution < 1.29 is 63.3 Å². The summed E-state index contributed by atoms with van der Waals surface area (Å²) < 4.78 is 0. The third kappa shape index (κ3) is 18.0. The summed E-state index contributed by atoms with van der Waals surface area (Å²) in [7, 11) is 0. The summed E-state index contributed by atoms with van der Waals surface area (Å²) in [6.07, 6.45) is 6.93. The quantitative estimate of drug-likeness (QED) is 0.0199. The normalized spacial score (nSPS) is 21.9. The van der Waals surface area contributed by atoms with Gasteiger partial charge in [-0.3, -0.25) is 48.1 Å². The standard InChI is InChI=1S/C56H89N15O13/c57-22-8-7-19-38(64-47(75)37(59)18-9-23-58)48(76)65-39(20-10-24-62-56(60)61)52(80)69-25-11-21-41(69)54(82)71-30-36(73)27-43(71)49(77)63-28-44(74)67-45(32-12-1-2-13-32)51(79)66-40(31-72)53(81)70-29-35-17-6-5-16-34(35)26-42(70)50(78)68-46(55(83)84)33-14-3-4-15-33/h5-6,16-17,32-33,36-43,45-46,72-73H,1-4,7-15,18-31,57-59H2,(H,63,77)(H,64,75)(H,65,76)(H,66,79)(H,67,74)(H,68,78)(H,83,84)(H4,60,61,62)/t36-,37-,38+,39+,40+,41+,42-,43+,45?,46?/m1/s1. The summed E-state index contributed by atoms with van der Waals surface area (Å²) in [6, 6.07) is -3.63. The lowest BCUT2D eigenvalue weighted by Crippen LogP contribution is -2.62. The van der Waals surface area contributed by atoms with Gasteiger partial charge in [0, 0.05) is 39.0 Å².